The van der Waals surface area contributed by atoms with E-state index in [1.807, 2.05) is 0 Å². The predicted molar refractivity (Wildman–Crippen MR) is 80.6 cm³/mol. The van der Waals surface area contributed by atoms with Gasteiger partial charge in [0.05, 0.1) is 17.5 Å². The molecule has 1 aromatic heterocycles. The monoisotopic (exact) mass is 320 g/mol. The maximum atomic E-state index is 12.3. The molecule has 8 heteroatoms. The zero-order valence-electron chi connectivity index (χ0n) is 11.5. The van der Waals surface area contributed by atoms with Gasteiger partial charge in [-0.2, -0.15) is 0 Å². The summed E-state index contributed by atoms with van der Waals surface area (Å²) in [6, 6.07) is 10.6. The van der Waals surface area contributed by atoms with E-state index in [0.29, 0.717) is 22.5 Å². The number of rotatable bonds is 4. The molecule has 0 amide bonds. The second-order valence-corrected chi connectivity index (χ2v) is 6.19. The van der Waals surface area contributed by atoms with Crippen LogP contribution in [0.4, 0.5) is 5.69 Å². The molecule has 0 atom stereocenters. The Morgan fingerprint density at radius 1 is 1.14 bits per heavy atom. The van der Waals surface area contributed by atoms with E-state index in [9.17, 15) is 13.2 Å². The molecule has 0 unspecified atom stereocenters. The van der Waals surface area contributed by atoms with E-state index in [1.165, 1.54) is 25.3 Å². The Balaban J connectivity index is 1.94. The van der Waals surface area contributed by atoms with Gasteiger partial charge in [0.2, 0.25) is 0 Å². The number of fused-ring (bicyclic) bond motifs is 1. The van der Waals surface area contributed by atoms with Gasteiger partial charge in [-0.05, 0) is 42.5 Å². The summed E-state index contributed by atoms with van der Waals surface area (Å²) in [5.74, 6) is -0.00648. The molecule has 0 spiro atoms. The molecule has 0 aliphatic rings. The molecule has 7 nitrogen and oxygen atoms in total. The summed E-state index contributed by atoms with van der Waals surface area (Å²) >= 11 is 0. The van der Waals surface area contributed by atoms with Gasteiger partial charge in [0, 0.05) is 5.69 Å². The minimum atomic E-state index is -3.77. The van der Waals surface area contributed by atoms with Gasteiger partial charge in [-0.15, -0.1) is 0 Å². The van der Waals surface area contributed by atoms with E-state index < -0.39 is 15.8 Å². The highest BCUT2D eigenvalue weighted by Gasteiger charge is 2.16. The Morgan fingerprint density at radius 3 is 2.55 bits per heavy atom. The van der Waals surface area contributed by atoms with Gasteiger partial charge in [-0.3, -0.25) is 9.71 Å². The number of aromatic nitrogens is 1. The van der Waals surface area contributed by atoms with E-state index in [1.54, 1.807) is 24.3 Å². The third-order valence-electron chi connectivity index (χ3n) is 3.04. The first-order valence-corrected chi connectivity index (χ1v) is 7.76. The first-order chi connectivity index (χ1) is 10.5. The maximum absolute atomic E-state index is 12.3. The Hall–Kier alpha value is -2.74. The molecular weight excluding hydrogens is 308 g/mol. The quantitative estimate of drug-likeness (QED) is 0.765. The van der Waals surface area contributed by atoms with Crippen LogP contribution in [-0.2, 0) is 10.0 Å². The minimum absolute atomic E-state index is 0.0212. The van der Waals surface area contributed by atoms with E-state index in [2.05, 4.69) is 9.71 Å². The summed E-state index contributed by atoms with van der Waals surface area (Å²) in [5.41, 5.74) is 1.03. The lowest BCUT2D eigenvalue weighted by Crippen LogP contribution is -2.12. The molecule has 1 heterocycles. The first-order valence-electron chi connectivity index (χ1n) is 6.28. The van der Waals surface area contributed by atoms with Crippen LogP contribution in [0.25, 0.3) is 11.1 Å². The number of aromatic amines is 1. The fourth-order valence-corrected chi connectivity index (χ4v) is 3.06. The third kappa shape index (κ3) is 2.68. The smallest absolute Gasteiger partial charge is 0.417 e. The lowest BCUT2D eigenvalue weighted by molar-refractivity contribution is 0.415. The Labute approximate surface area is 125 Å². The summed E-state index contributed by atoms with van der Waals surface area (Å²) in [6.45, 7) is 0. The van der Waals surface area contributed by atoms with Gasteiger partial charge in [-0.1, -0.05) is 0 Å². The topological polar surface area (TPSA) is 101 Å². The van der Waals surface area contributed by atoms with Gasteiger partial charge in [0.25, 0.3) is 10.0 Å². The van der Waals surface area contributed by atoms with Crippen LogP contribution >= 0.6 is 0 Å². The number of nitrogens with one attached hydrogen (secondary N) is 2. The van der Waals surface area contributed by atoms with Crippen molar-refractivity contribution >= 4 is 26.8 Å². The summed E-state index contributed by atoms with van der Waals surface area (Å²) in [6.07, 6.45) is 0. The summed E-state index contributed by atoms with van der Waals surface area (Å²) < 4.78 is 37.0. The second kappa shape index (κ2) is 5.23. The van der Waals surface area contributed by atoms with Crippen LogP contribution in [0.5, 0.6) is 5.75 Å². The fraction of sp³-hybridized carbons (Fsp3) is 0.0714. The molecule has 3 rings (SSSR count). The average Bonchev–Trinajstić information content (AvgIpc) is 2.86. The highest BCUT2D eigenvalue weighted by molar-refractivity contribution is 7.92. The van der Waals surface area contributed by atoms with Gasteiger partial charge < -0.3 is 9.15 Å². The number of hydrogen-bond donors (Lipinski definition) is 2. The molecule has 3 aromatic rings. The van der Waals surface area contributed by atoms with E-state index >= 15 is 0 Å². The molecule has 0 aliphatic heterocycles. The standard InChI is InChI=1S/C14H12N2O5S/c1-20-10-4-2-9(3-5-10)16-22(18,19)11-6-7-13-12(8-11)15-14(17)21-13/h2-8,16H,1H3,(H,15,17). The van der Waals surface area contributed by atoms with Crippen molar-refractivity contribution in [3.05, 3.63) is 53.0 Å². The molecule has 2 aromatic carbocycles. The highest BCUT2D eigenvalue weighted by atomic mass is 32.2. The summed E-state index contributed by atoms with van der Waals surface area (Å²) in [5, 5.41) is 0. The normalized spacial score (nSPS) is 11.5. The maximum Gasteiger partial charge on any atom is 0.417 e. The fourth-order valence-electron chi connectivity index (χ4n) is 1.97. The van der Waals surface area contributed by atoms with Crippen molar-refractivity contribution in [2.24, 2.45) is 0 Å². The molecule has 0 fully saturated rings. The van der Waals surface area contributed by atoms with E-state index in [-0.39, 0.29) is 4.90 Å². The second-order valence-electron chi connectivity index (χ2n) is 4.51. The van der Waals surface area contributed by atoms with Gasteiger partial charge in [-0.25, -0.2) is 13.2 Å². The number of anilines is 1. The molecular formula is C14H12N2O5S. The Kier molecular flexibility index (Phi) is 3.38. The lowest BCUT2D eigenvalue weighted by atomic mass is 10.3. The van der Waals surface area contributed by atoms with Crippen molar-refractivity contribution in [3.63, 3.8) is 0 Å². The van der Waals surface area contributed by atoms with Crippen molar-refractivity contribution in [1.29, 1.82) is 0 Å². The molecule has 114 valence electrons. The SMILES string of the molecule is COc1ccc(NS(=O)(=O)c2ccc3oc(=O)[nH]c3c2)cc1. The van der Waals surface area contributed by atoms with Gasteiger partial charge >= 0.3 is 5.76 Å². The molecule has 0 saturated heterocycles. The molecule has 22 heavy (non-hydrogen) atoms. The largest absolute Gasteiger partial charge is 0.497 e. The number of ether oxygens (including phenoxy) is 1. The van der Waals surface area contributed by atoms with Crippen molar-refractivity contribution in [3.8, 4) is 5.75 Å². The van der Waals surface area contributed by atoms with Crippen LogP contribution in [0.3, 0.4) is 0 Å². The number of methoxy groups -OCH3 is 1. The van der Waals surface area contributed by atoms with Crippen LogP contribution in [0.15, 0.2) is 56.6 Å². The molecule has 0 aliphatic carbocycles. The molecule has 0 radical (unpaired) electrons. The minimum Gasteiger partial charge on any atom is -0.497 e. The van der Waals surface area contributed by atoms with Crippen molar-refractivity contribution in [2.45, 2.75) is 4.90 Å². The number of sulfonamides is 1. The van der Waals surface area contributed by atoms with E-state index in [0.717, 1.165) is 0 Å². The van der Waals surface area contributed by atoms with Gasteiger partial charge in [0.15, 0.2) is 5.58 Å². The zero-order valence-corrected chi connectivity index (χ0v) is 12.3. The highest BCUT2D eigenvalue weighted by Crippen LogP contribution is 2.21. The Morgan fingerprint density at radius 2 is 1.86 bits per heavy atom. The van der Waals surface area contributed by atoms with Crippen molar-refractivity contribution < 1.29 is 17.6 Å². The van der Waals surface area contributed by atoms with Gasteiger partial charge in [0.1, 0.15) is 5.75 Å². The number of oxazole rings is 1. The van der Waals surface area contributed by atoms with Crippen LogP contribution in [-0.4, -0.2) is 20.5 Å². The summed E-state index contributed by atoms with van der Waals surface area (Å²) in [4.78, 5) is 13.5. The first kappa shape index (κ1) is 14.2. The average molecular weight is 320 g/mol. The molecule has 2 N–H and O–H groups in total. The zero-order chi connectivity index (χ0) is 15.7. The van der Waals surface area contributed by atoms with Crippen LogP contribution < -0.4 is 15.2 Å². The third-order valence-corrected chi connectivity index (χ3v) is 4.42. The lowest BCUT2D eigenvalue weighted by Gasteiger charge is -2.08. The number of H-pyrrole nitrogens is 1. The number of hydrogen-bond acceptors (Lipinski definition) is 5. The van der Waals surface area contributed by atoms with Crippen molar-refractivity contribution in [1.82, 2.24) is 4.98 Å². The van der Waals surface area contributed by atoms with Crippen LogP contribution in [0, 0.1) is 0 Å². The van der Waals surface area contributed by atoms with E-state index in [4.69, 9.17) is 9.15 Å². The van der Waals surface area contributed by atoms with Crippen molar-refractivity contribution in [2.75, 3.05) is 11.8 Å². The number of benzene rings is 2. The molecule has 0 saturated carbocycles. The van der Waals surface area contributed by atoms with Crippen LogP contribution in [0.2, 0.25) is 0 Å². The van der Waals surface area contributed by atoms with Crippen LogP contribution in [0.1, 0.15) is 0 Å². The predicted octanol–water partition coefficient (Wildman–Crippen LogP) is 1.93. The summed E-state index contributed by atoms with van der Waals surface area (Å²) in [7, 11) is -2.24. The Bertz CT molecular complexity index is 970. The molecule has 0 bridgehead atoms.